The summed E-state index contributed by atoms with van der Waals surface area (Å²) in [5.41, 5.74) is 1.60. The Labute approximate surface area is 130 Å². The highest BCUT2D eigenvalue weighted by Crippen LogP contribution is 2.23. The first-order valence-corrected chi connectivity index (χ1v) is 9.31. The van der Waals surface area contributed by atoms with E-state index in [2.05, 4.69) is 0 Å². The molecule has 1 fully saturated rings. The van der Waals surface area contributed by atoms with Gasteiger partial charge in [-0.2, -0.15) is 0 Å². The lowest BCUT2D eigenvalue weighted by molar-refractivity contribution is 0.0699. The van der Waals surface area contributed by atoms with Crippen LogP contribution in [0.15, 0.2) is 30.3 Å². The molecular formula is C16H20N2O3S. The van der Waals surface area contributed by atoms with Crippen molar-refractivity contribution in [3.63, 3.8) is 0 Å². The standard InChI is InChI=1S/C16H20N2O3S/c1-3-18(13-8-9-22(20,21)11-13)16(19)15-10-12-6-4-5-7-14(12)17(15)2/h4-7,10,13H,3,8-9,11H2,1-2H3. The molecule has 1 aromatic carbocycles. The lowest BCUT2D eigenvalue weighted by atomic mass is 10.2. The van der Waals surface area contributed by atoms with Gasteiger partial charge in [0.25, 0.3) is 5.91 Å². The average Bonchev–Trinajstić information content (AvgIpc) is 3.01. The first-order chi connectivity index (χ1) is 10.4. The lowest BCUT2D eigenvalue weighted by Crippen LogP contribution is -2.41. The lowest BCUT2D eigenvalue weighted by Gasteiger charge is -2.27. The number of nitrogens with zero attached hydrogens (tertiary/aromatic N) is 2. The Balaban J connectivity index is 1.95. The molecule has 1 aromatic heterocycles. The molecular weight excluding hydrogens is 300 g/mol. The SMILES string of the molecule is CCN(C(=O)c1cc2ccccc2n1C)C1CCS(=O)(=O)C1. The minimum Gasteiger partial charge on any atom is -0.340 e. The molecule has 1 unspecified atom stereocenters. The van der Waals surface area contributed by atoms with Gasteiger partial charge in [-0.1, -0.05) is 18.2 Å². The fourth-order valence-corrected chi connectivity index (χ4v) is 4.96. The molecule has 2 aromatic rings. The second-order valence-corrected chi connectivity index (χ2v) is 8.02. The van der Waals surface area contributed by atoms with E-state index in [1.54, 1.807) is 4.90 Å². The molecule has 22 heavy (non-hydrogen) atoms. The minimum atomic E-state index is -3.00. The van der Waals surface area contributed by atoms with Gasteiger partial charge < -0.3 is 9.47 Å². The monoisotopic (exact) mass is 320 g/mol. The van der Waals surface area contributed by atoms with Crippen molar-refractivity contribution in [3.8, 4) is 0 Å². The number of amides is 1. The number of benzene rings is 1. The predicted octanol–water partition coefficient (Wildman–Crippen LogP) is 1.83. The number of aromatic nitrogens is 1. The van der Waals surface area contributed by atoms with Crippen molar-refractivity contribution >= 4 is 26.6 Å². The molecule has 2 heterocycles. The van der Waals surface area contributed by atoms with Crippen molar-refractivity contribution in [1.29, 1.82) is 0 Å². The fraction of sp³-hybridized carbons (Fsp3) is 0.438. The smallest absolute Gasteiger partial charge is 0.270 e. The topological polar surface area (TPSA) is 59.4 Å². The maximum atomic E-state index is 12.9. The fourth-order valence-electron chi connectivity index (χ4n) is 3.23. The van der Waals surface area contributed by atoms with Crippen molar-refractivity contribution in [2.45, 2.75) is 19.4 Å². The summed E-state index contributed by atoms with van der Waals surface area (Å²) in [5.74, 6) is 0.163. The summed E-state index contributed by atoms with van der Waals surface area (Å²) >= 11 is 0. The van der Waals surface area contributed by atoms with Crippen LogP contribution in [-0.2, 0) is 16.9 Å². The highest BCUT2D eigenvalue weighted by molar-refractivity contribution is 7.91. The highest BCUT2D eigenvalue weighted by atomic mass is 32.2. The van der Waals surface area contributed by atoms with Gasteiger partial charge in [0, 0.05) is 30.5 Å². The van der Waals surface area contributed by atoms with E-state index in [1.807, 2.05) is 48.9 Å². The molecule has 5 nitrogen and oxygen atoms in total. The van der Waals surface area contributed by atoms with Gasteiger partial charge in [-0.15, -0.1) is 0 Å². The van der Waals surface area contributed by atoms with Crippen LogP contribution in [0, 0.1) is 0 Å². The molecule has 1 aliphatic heterocycles. The van der Waals surface area contributed by atoms with Gasteiger partial charge >= 0.3 is 0 Å². The number of carbonyl (C=O) groups excluding carboxylic acids is 1. The van der Waals surface area contributed by atoms with Gasteiger partial charge in [0.15, 0.2) is 9.84 Å². The molecule has 1 saturated heterocycles. The van der Waals surface area contributed by atoms with Gasteiger partial charge in [0.1, 0.15) is 5.69 Å². The van der Waals surface area contributed by atoms with Crippen LogP contribution in [0.25, 0.3) is 10.9 Å². The summed E-state index contributed by atoms with van der Waals surface area (Å²) in [6.45, 7) is 2.41. The van der Waals surface area contributed by atoms with Crippen LogP contribution in [0.3, 0.4) is 0 Å². The summed E-state index contributed by atoms with van der Waals surface area (Å²) in [6, 6.07) is 9.50. The van der Waals surface area contributed by atoms with E-state index in [0.717, 1.165) is 10.9 Å². The Morgan fingerprint density at radius 2 is 2.09 bits per heavy atom. The van der Waals surface area contributed by atoms with Gasteiger partial charge in [-0.25, -0.2) is 8.42 Å². The van der Waals surface area contributed by atoms with Crippen LogP contribution in [0.5, 0.6) is 0 Å². The Morgan fingerprint density at radius 3 is 2.68 bits per heavy atom. The molecule has 6 heteroatoms. The van der Waals surface area contributed by atoms with E-state index in [1.165, 1.54) is 0 Å². The largest absolute Gasteiger partial charge is 0.340 e. The first-order valence-electron chi connectivity index (χ1n) is 7.49. The third-order valence-electron chi connectivity index (χ3n) is 4.42. The molecule has 0 spiro atoms. The molecule has 1 aliphatic rings. The third-order valence-corrected chi connectivity index (χ3v) is 6.17. The summed E-state index contributed by atoms with van der Waals surface area (Å²) in [5, 5.41) is 1.02. The van der Waals surface area contributed by atoms with E-state index in [9.17, 15) is 13.2 Å². The van der Waals surface area contributed by atoms with Gasteiger partial charge in [-0.3, -0.25) is 4.79 Å². The van der Waals surface area contributed by atoms with Crippen molar-refractivity contribution < 1.29 is 13.2 Å². The number of sulfone groups is 1. The molecule has 118 valence electrons. The number of para-hydroxylation sites is 1. The van der Waals surface area contributed by atoms with E-state index in [-0.39, 0.29) is 23.5 Å². The Kier molecular flexibility index (Phi) is 3.72. The zero-order chi connectivity index (χ0) is 15.9. The number of carbonyl (C=O) groups is 1. The number of hydrogen-bond donors (Lipinski definition) is 0. The summed E-state index contributed by atoms with van der Waals surface area (Å²) in [4.78, 5) is 14.6. The van der Waals surface area contributed by atoms with Crippen molar-refractivity contribution in [3.05, 3.63) is 36.0 Å². The maximum Gasteiger partial charge on any atom is 0.270 e. The molecule has 0 aliphatic carbocycles. The first kappa shape index (κ1) is 15.1. The van der Waals surface area contributed by atoms with Gasteiger partial charge in [0.2, 0.25) is 0 Å². The van der Waals surface area contributed by atoms with E-state index in [0.29, 0.717) is 18.7 Å². The molecule has 0 N–H and O–H groups in total. The average molecular weight is 320 g/mol. The van der Waals surface area contributed by atoms with E-state index >= 15 is 0 Å². The van der Waals surface area contributed by atoms with E-state index < -0.39 is 9.84 Å². The maximum absolute atomic E-state index is 12.9. The van der Waals surface area contributed by atoms with E-state index in [4.69, 9.17) is 0 Å². The normalized spacial score (nSPS) is 20.4. The summed E-state index contributed by atoms with van der Waals surface area (Å²) in [6.07, 6.45) is 0.534. The number of aryl methyl sites for hydroxylation is 1. The van der Waals surface area contributed by atoms with Gasteiger partial charge in [0.05, 0.1) is 11.5 Å². The van der Waals surface area contributed by atoms with Crippen LogP contribution in [0.4, 0.5) is 0 Å². The number of rotatable bonds is 3. The number of hydrogen-bond acceptors (Lipinski definition) is 3. The van der Waals surface area contributed by atoms with Gasteiger partial charge in [-0.05, 0) is 25.5 Å². The number of fused-ring (bicyclic) bond motifs is 1. The van der Waals surface area contributed by atoms with Crippen molar-refractivity contribution in [1.82, 2.24) is 9.47 Å². The Morgan fingerprint density at radius 1 is 1.36 bits per heavy atom. The highest BCUT2D eigenvalue weighted by Gasteiger charge is 2.34. The Hall–Kier alpha value is -1.82. The van der Waals surface area contributed by atoms with Crippen LogP contribution in [0.2, 0.25) is 0 Å². The second kappa shape index (κ2) is 5.43. The van der Waals surface area contributed by atoms with Crippen LogP contribution < -0.4 is 0 Å². The minimum absolute atomic E-state index is 0.0799. The molecule has 1 amide bonds. The molecule has 1 atom stereocenters. The van der Waals surface area contributed by atoms with Crippen molar-refractivity contribution in [2.75, 3.05) is 18.1 Å². The molecule has 3 rings (SSSR count). The molecule has 0 bridgehead atoms. The summed E-state index contributed by atoms with van der Waals surface area (Å²) in [7, 11) is -1.13. The second-order valence-electron chi connectivity index (χ2n) is 5.80. The quantitative estimate of drug-likeness (QED) is 0.867. The van der Waals surface area contributed by atoms with Crippen LogP contribution >= 0.6 is 0 Å². The van der Waals surface area contributed by atoms with Crippen LogP contribution in [-0.4, -0.2) is 47.9 Å². The van der Waals surface area contributed by atoms with Crippen LogP contribution in [0.1, 0.15) is 23.8 Å². The summed E-state index contributed by atoms with van der Waals surface area (Å²) < 4.78 is 25.2. The zero-order valence-corrected chi connectivity index (χ0v) is 13.6. The zero-order valence-electron chi connectivity index (χ0n) is 12.8. The Bertz CT molecular complexity index is 823. The molecule has 0 radical (unpaired) electrons. The predicted molar refractivity (Wildman–Crippen MR) is 86.7 cm³/mol. The molecule has 0 saturated carbocycles. The van der Waals surface area contributed by atoms with Crippen molar-refractivity contribution in [2.24, 2.45) is 7.05 Å². The third kappa shape index (κ3) is 2.52.